The fourth-order valence-electron chi connectivity index (χ4n) is 4.43. The van der Waals surface area contributed by atoms with Crippen molar-refractivity contribution in [1.82, 2.24) is 19.7 Å². The zero-order chi connectivity index (χ0) is 23.6. The molecular formula is C23H21F2N5O3. The summed E-state index contributed by atoms with van der Waals surface area (Å²) < 4.78 is 35.8. The predicted molar refractivity (Wildman–Crippen MR) is 116 cm³/mol. The van der Waals surface area contributed by atoms with Gasteiger partial charge in [0.2, 0.25) is 5.92 Å². The summed E-state index contributed by atoms with van der Waals surface area (Å²) in [5.74, 6) is -1.36. The van der Waals surface area contributed by atoms with Crippen molar-refractivity contribution in [2.75, 3.05) is 0 Å². The Hall–Kier alpha value is -3.87. The highest BCUT2D eigenvalue weighted by atomic mass is 19.3. The van der Waals surface area contributed by atoms with Crippen molar-refractivity contribution in [3.63, 3.8) is 0 Å². The fourth-order valence-corrected chi connectivity index (χ4v) is 4.43. The number of alkyl halides is 2. The Morgan fingerprint density at radius 2 is 2.15 bits per heavy atom. The van der Waals surface area contributed by atoms with E-state index >= 15 is 0 Å². The topological polar surface area (TPSA) is 98.4 Å². The number of nitrogens with zero attached hydrogens (tertiary/aromatic N) is 5. The second-order valence-corrected chi connectivity index (χ2v) is 8.02. The maximum Gasteiger partial charge on any atom is 0.290 e. The maximum absolute atomic E-state index is 14.3. The third kappa shape index (κ3) is 4.53. The first kappa shape index (κ1) is 22.3. The minimum Gasteiger partial charge on any atom is -0.483 e. The first-order valence-electron chi connectivity index (χ1n) is 10.4. The normalized spacial score (nSPS) is 17.3. The van der Waals surface area contributed by atoms with Gasteiger partial charge in [0.1, 0.15) is 17.1 Å². The molecule has 1 N–H and O–H groups in total. The molecule has 33 heavy (non-hydrogen) atoms. The van der Waals surface area contributed by atoms with Crippen LogP contribution >= 0.6 is 0 Å². The summed E-state index contributed by atoms with van der Waals surface area (Å²) in [6, 6.07) is 6.70. The monoisotopic (exact) mass is 453 g/mol. The third-order valence-electron chi connectivity index (χ3n) is 5.70. The number of carbonyl (C=O) groups is 1. The molecule has 0 bridgehead atoms. The zero-order valence-electron chi connectivity index (χ0n) is 17.8. The quantitative estimate of drug-likeness (QED) is 0.326. The van der Waals surface area contributed by atoms with Crippen LogP contribution in [-0.2, 0) is 11.2 Å². The lowest BCUT2D eigenvalue weighted by molar-refractivity contribution is -0.122. The number of halogens is 2. The van der Waals surface area contributed by atoms with Gasteiger partial charge < -0.3 is 14.2 Å². The highest BCUT2D eigenvalue weighted by Crippen LogP contribution is 2.42. The summed E-state index contributed by atoms with van der Waals surface area (Å²) in [6.07, 6.45) is 2.84. The van der Waals surface area contributed by atoms with Gasteiger partial charge in [-0.3, -0.25) is 9.78 Å². The Balaban J connectivity index is 0.000000821. The van der Waals surface area contributed by atoms with Gasteiger partial charge in [-0.2, -0.15) is 0 Å². The molecule has 1 saturated carbocycles. The Kier molecular flexibility index (Phi) is 6.05. The molecule has 3 heterocycles. The average molecular weight is 453 g/mol. The van der Waals surface area contributed by atoms with E-state index in [0.717, 1.165) is 10.9 Å². The van der Waals surface area contributed by atoms with Crippen LogP contribution in [0.15, 0.2) is 35.0 Å². The number of benzene rings is 1. The summed E-state index contributed by atoms with van der Waals surface area (Å²) in [7, 11) is 0. The molecule has 1 aliphatic rings. The maximum atomic E-state index is 14.3. The molecule has 1 aromatic carbocycles. The van der Waals surface area contributed by atoms with E-state index < -0.39 is 5.92 Å². The number of aryl methyl sites for hydroxylation is 1. The molecule has 5 rings (SSSR count). The van der Waals surface area contributed by atoms with Gasteiger partial charge in [-0.25, -0.2) is 18.6 Å². The van der Waals surface area contributed by atoms with E-state index in [9.17, 15) is 8.78 Å². The number of hydrogen-bond acceptors (Lipinski definition) is 5. The smallest absolute Gasteiger partial charge is 0.290 e. The van der Waals surface area contributed by atoms with Crippen LogP contribution in [0.1, 0.15) is 49.0 Å². The molecule has 1 unspecified atom stereocenters. The summed E-state index contributed by atoms with van der Waals surface area (Å²) in [4.78, 5) is 21.1. The first-order valence-corrected chi connectivity index (χ1v) is 10.4. The molecule has 1 aliphatic carbocycles. The van der Waals surface area contributed by atoms with E-state index in [4.69, 9.17) is 26.0 Å². The van der Waals surface area contributed by atoms with E-state index in [2.05, 4.69) is 15.0 Å². The second kappa shape index (κ2) is 8.94. The summed E-state index contributed by atoms with van der Waals surface area (Å²) in [5.41, 5.74) is 3.28. The number of hydrogen-bond donors (Lipinski definition) is 1. The SMILES string of the molecule is O=CO.[C-]#[N+]c1ccc2ncc3nc(Cc4cc(C)on4)n(C4CCCC(F)(F)C4)c3c2c1. The lowest BCUT2D eigenvalue weighted by Gasteiger charge is -2.31. The minimum atomic E-state index is -2.70. The molecule has 0 radical (unpaired) electrons. The lowest BCUT2D eigenvalue weighted by atomic mass is 9.91. The Morgan fingerprint density at radius 1 is 1.36 bits per heavy atom. The van der Waals surface area contributed by atoms with E-state index in [1.54, 1.807) is 24.4 Å². The van der Waals surface area contributed by atoms with E-state index in [-0.39, 0.29) is 25.4 Å². The molecule has 0 aliphatic heterocycles. The van der Waals surface area contributed by atoms with Gasteiger partial charge in [0.15, 0.2) is 5.69 Å². The third-order valence-corrected chi connectivity index (χ3v) is 5.70. The van der Waals surface area contributed by atoms with Crippen LogP contribution < -0.4 is 0 Å². The summed E-state index contributed by atoms with van der Waals surface area (Å²) in [6.45, 7) is 8.91. The Labute approximate surface area is 187 Å². The standard InChI is InChI=1S/C22H19F2N5O.CH2O2/c1-13-8-15(28-30-13)10-20-27-19-12-26-18-6-5-14(25-2)9-17(18)21(19)29(20)16-4-3-7-22(23,24)11-16;2-1-3/h5-6,8-9,12,16H,3-4,7,10-11H2,1H3;1H,(H,2,3). The molecule has 1 atom stereocenters. The van der Waals surface area contributed by atoms with Crippen molar-refractivity contribution in [2.24, 2.45) is 0 Å². The van der Waals surface area contributed by atoms with E-state index in [1.165, 1.54) is 0 Å². The largest absolute Gasteiger partial charge is 0.483 e. The number of aromatic nitrogens is 4. The molecule has 4 aromatic rings. The van der Waals surface area contributed by atoms with E-state index in [0.29, 0.717) is 53.3 Å². The van der Waals surface area contributed by atoms with Crippen LogP contribution in [0.5, 0.6) is 0 Å². The molecule has 0 amide bonds. The molecular weight excluding hydrogens is 432 g/mol. The van der Waals surface area contributed by atoms with Gasteiger partial charge in [-0.1, -0.05) is 11.2 Å². The molecule has 3 aromatic heterocycles. The van der Waals surface area contributed by atoms with Crippen LogP contribution in [0.3, 0.4) is 0 Å². The predicted octanol–water partition coefficient (Wildman–Crippen LogP) is 5.47. The van der Waals surface area contributed by atoms with Crippen molar-refractivity contribution >= 4 is 34.1 Å². The number of fused-ring (bicyclic) bond motifs is 3. The summed E-state index contributed by atoms with van der Waals surface area (Å²) >= 11 is 0. The van der Waals surface area contributed by atoms with Crippen molar-refractivity contribution in [3.8, 4) is 0 Å². The van der Waals surface area contributed by atoms with Gasteiger partial charge >= 0.3 is 0 Å². The van der Waals surface area contributed by atoms with Gasteiger partial charge in [-0.15, -0.1) is 0 Å². The number of rotatable bonds is 3. The van der Waals surface area contributed by atoms with Crippen molar-refractivity contribution in [3.05, 3.63) is 59.2 Å². The minimum absolute atomic E-state index is 0.0852. The van der Waals surface area contributed by atoms with Crippen LogP contribution in [0.4, 0.5) is 14.5 Å². The van der Waals surface area contributed by atoms with Crippen molar-refractivity contribution in [1.29, 1.82) is 0 Å². The van der Waals surface area contributed by atoms with Crippen LogP contribution in [0.25, 0.3) is 26.8 Å². The molecule has 8 nitrogen and oxygen atoms in total. The van der Waals surface area contributed by atoms with Gasteiger partial charge in [0, 0.05) is 30.3 Å². The van der Waals surface area contributed by atoms with Gasteiger partial charge in [0.05, 0.1) is 35.9 Å². The zero-order valence-corrected chi connectivity index (χ0v) is 17.8. The fraction of sp³-hybridized carbons (Fsp3) is 0.348. The van der Waals surface area contributed by atoms with Crippen molar-refractivity contribution in [2.45, 2.75) is 51.0 Å². The Bertz CT molecular complexity index is 1360. The first-order chi connectivity index (χ1) is 15.8. The lowest BCUT2D eigenvalue weighted by Crippen LogP contribution is -2.28. The van der Waals surface area contributed by atoms with Gasteiger partial charge in [-0.05, 0) is 31.9 Å². The summed E-state index contributed by atoms with van der Waals surface area (Å²) in [5, 5.41) is 11.7. The molecule has 10 heteroatoms. The molecule has 170 valence electrons. The van der Waals surface area contributed by atoms with Crippen LogP contribution in [0, 0.1) is 13.5 Å². The highest BCUT2D eigenvalue weighted by molar-refractivity contribution is 6.03. The Morgan fingerprint density at radius 3 is 2.82 bits per heavy atom. The van der Waals surface area contributed by atoms with Gasteiger partial charge in [0.25, 0.3) is 6.47 Å². The second-order valence-electron chi connectivity index (χ2n) is 8.02. The molecule has 0 spiro atoms. The molecule has 0 saturated heterocycles. The van der Waals surface area contributed by atoms with Crippen LogP contribution in [0.2, 0.25) is 0 Å². The number of imidazole rings is 1. The van der Waals surface area contributed by atoms with Crippen LogP contribution in [-0.4, -0.2) is 37.2 Å². The van der Waals surface area contributed by atoms with Crippen molar-refractivity contribution < 1.29 is 23.2 Å². The highest BCUT2D eigenvalue weighted by Gasteiger charge is 2.38. The van der Waals surface area contributed by atoms with E-state index in [1.807, 2.05) is 17.6 Å². The number of pyridine rings is 1. The average Bonchev–Trinajstić information content (AvgIpc) is 3.36. The number of carboxylic acid groups (broad SMARTS) is 1. The molecule has 1 fully saturated rings.